The molecule has 0 aliphatic heterocycles. The summed E-state index contributed by atoms with van der Waals surface area (Å²) in [6.45, 7) is 3.98. The summed E-state index contributed by atoms with van der Waals surface area (Å²) in [7, 11) is 1.61. The molecule has 0 atom stereocenters. The van der Waals surface area contributed by atoms with E-state index in [4.69, 9.17) is 5.84 Å². The van der Waals surface area contributed by atoms with Gasteiger partial charge in [0.15, 0.2) is 0 Å². The van der Waals surface area contributed by atoms with Crippen molar-refractivity contribution in [1.82, 2.24) is 5.01 Å². The van der Waals surface area contributed by atoms with Gasteiger partial charge in [-0.15, -0.1) is 0 Å². The lowest BCUT2D eigenvalue weighted by Crippen LogP contribution is -2.47. The summed E-state index contributed by atoms with van der Waals surface area (Å²) >= 11 is 0. The topological polar surface area (TPSA) is 46.3 Å². The third kappa shape index (κ3) is 1.46. The molecule has 70 valence electrons. The zero-order chi connectivity index (χ0) is 9.35. The van der Waals surface area contributed by atoms with Crippen molar-refractivity contribution in [3.05, 3.63) is 0 Å². The predicted octanol–water partition coefficient (Wildman–Crippen LogP) is 1.14. The summed E-state index contributed by atoms with van der Waals surface area (Å²) in [5, 5.41) is 1.21. The zero-order valence-corrected chi connectivity index (χ0v) is 8.13. The predicted molar refractivity (Wildman–Crippen MR) is 48.1 cm³/mol. The van der Waals surface area contributed by atoms with Gasteiger partial charge in [0.05, 0.1) is 0 Å². The summed E-state index contributed by atoms with van der Waals surface area (Å²) in [4.78, 5) is 11.6. The van der Waals surface area contributed by atoms with Gasteiger partial charge in [-0.25, -0.2) is 5.84 Å². The van der Waals surface area contributed by atoms with Gasteiger partial charge in [0.1, 0.15) is 0 Å². The van der Waals surface area contributed by atoms with Gasteiger partial charge < -0.3 is 0 Å². The molecule has 0 saturated heterocycles. The van der Waals surface area contributed by atoms with E-state index >= 15 is 0 Å². The molecular weight excluding hydrogens is 152 g/mol. The van der Waals surface area contributed by atoms with E-state index in [9.17, 15) is 4.79 Å². The molecule has 12 heavy (non-hydrogen) atoms. The molecule has 1 amide bonds. The SMILES string of the molecule is CN(N)C(=O)C(C)(C)C1CCC1. The smallest absolute Gasteiger partial charge is 0.242 e. The van der Waals surface area contributed by atoms with E-state index in [1.807, 2.05) is 13.8 Å². The Hall–Kier alpha value is -0.570. The number of carbonyl (C=O) groups is 1. The standard InChI is InChI=1S/C9H18N2O/c1-9(2,7-5-4-6-7)8(12)11(3)10/h7H,4-6,10H2,1-3H3. The van der Waals surface area contributed by atoms with Crippen LogP contribution in [0.4, 0.5) is 0 Å². The number of carbonyl (C=O) groups excluding carboxylic acids is 1. The van der Waals surface area contributed by atoms with Crippen molar-refractivity contribution in [1.29, 1.82) is 0 Å². The van der Waals surface area contributed by atoms with Crippen LogP contribution in [0.25, 0.3) is 0 Å². The first-order valence-corrected chi connectivity index (χ1v) is 4.49. The number of rotatable bonds is 2. The van der Waals surface area contributed by atoms with Crippen molar-refractivity contribution in [2.45, 2.75) is 33.1 Å². The van der Waals surface area contributed by atoms with Gasteiger partial charge in [-0.2, -0.15) is 0 Å². The average molecular weight is 170 g/mol. The Morgan fingerprint density at radius 2 is 2.00 bits per heavy atom. The molecule has 0 heterocycles. The fourth-order valence-corrected chi connectivity index (χ4v) is 1.76. The lowest BCUT2D eigenvalue weighted by molar-refractivity contribution is -0.144. The first-order valence-electron chi connectivity index (χ1n) is 4.49. The first-order chi connectivity index (χ1) is 5.46. The van der Waals surface area contributed by atoms with Crippen LogP contribution in [-0.2, 0) is 4.79 Å². The molecule has 1 aliphatic carbocycles. The molecule has 2 N–H and O–H groups in total. The van der Waals surface area contributed by atoms with Crippen LogP contribution in [0.5, 0.6) is 0 Å². The molecule has 3 nitrogen and oxygen atoms in total. The Balaban J connectivity index is 2.62. The number of hydrazine groups is 1. The number of nitrogens with two attached hydrogens (primary N) is 1. The van der Waals surface area contributed by atoms with Crippen LogP contribution in [0.15, 0.2) is 0 Å². The third-order valence-corrected chi connectivity index (χ3v) is 3.00. The minimum absolute atomic E-state index is 0.0483. The molecule has 1 rings (SSSR count). The van der Waals surface area contributed by atoms with Crippen LogP contribution < -0.4 is 5.84 Å². The van der Waals surface area contributed by atoms with E-state index in [1.54, 1.807) is 7.05 Å². The summed E-state index contributed by atoms with van der Waals surface area (Å²) in [5.41, 5.74) is -0.262. The van der Waals surface area contributed by atoms with Crippen molar-refractivity contribution < 1.29 is 4.79 Å². The maximum absolute atomic E-state index is 11.6. The van der Waals surface area contributed by atoms with Gasteiger partial charge >= 0.3 is 0 Å². The minimum atomic E-state index is -0.262. The molecule has 0 radical (unpaired) electrons. The molecule has 0 unspecified atom stereocenters. The molecule has 1 fully saturated rings. The highest BCUT2D eigenvalue weighted by atomic mass is 16.2. The largest absolute Gasteiger partial charge is 0.283 e. The van der Waals surface area contributed by atoms with Crippen molar-refractivity contribution in [2.75, 3.05) is 7.05 Å². The zero-order valence-electron chi connectivity index (χ0n) is 8.13. The van der Waals surface area contributed by atoms with E-state index in [2.05, 4.69) is 0 Å². The summed E-state index contributed by atoms with van der Waals surface area (Å²) in [6, 6.07) is 0. The van der Waals surface area contributed by atoms with Crippen LogP contribution in [0.2, 0.25) is 0 Å². The Morgan fingerprint density at radius 3 is 2.25 bits per heavy atom. The third-order valence-electron chi connectivity index (χ3n) is 3.00. The second-order valence-corrected chi connectivity index (χ2v) is 4.27. The summed E-state index contributed by atoms with van der Waals surface area (Å²) in [6.07, 6.45) is 3.61. The highest BCUT2D eigenvalue weighted by molar-refractivity contribution is 5.81. The summed E-state index contributed by atoms with van der Waals surface area (Å²) in [5.74, 6) is 6.01. The monoisotopic (exact) mass is 170 g/mol. The Morgan fingerprint density at radius 1 is 1.50 bits per heavy atom. The van der Waals surface area contributed by atoms with Crippen molar-refractivity contribution >= 4 is 5.91 Å². The number of hydrogen-bond acceptors (Lipinski definition) is 2. The van der Waals surface area contributed by atoms with Crippen LogP contribution in [0, 0.1) is 11.3 Å². The first kappa shape index (κ1) is 9.52. The number of amides is 1. The number of hydrogen-bond donors (Lipinski definition) is 1. The van der Waals surface area contributed by atoms with Gasteiger partial charge in [0.25, 0.3) is 0 Å². The highest BCUT2D eigenvalue weighted by Crippen LogP contribution is 2.42. The van der Waals surface area contributed by atoms with Gasteiger partial charge in [0.2, 0.25) is 5.91 Å². The van der Waals surface area contributed by atoms with Gasteiger partial charge in [-0.3, -0.25) is 9.80 Å². The second kappa shape index (κ2) is 3.05. The van der Waals surface area contributed by atoms with Crippen LogP contribution in [0.1, 0.15) is 33.1 Å². The molecule has 0 aromatic rings. The summed E-state index contributed by atoms with van der Waals surface area (Å²) < 4.78 is 0. The number of nitrogens with zero attached hydrogens (tertiary/aromatic N) is 1. The van der Waals surface area contributed by atoms with Gasteiger partial charge in [-0.1, -0.05) is 20.3 Å². The Kier molecular flexibility index (Phi) is 2.42. The molecule has 0 aromatic heterocycles. The Bertz CT molecular complexity index is 183. The van der Waals surface area contributed by atoms with Gasteiger partial charge in [-0.05, 0) is 18.8 Å². The van der Waals surface area contributed by atoms with Crippen molar-refractivity contribution in [3.8, 4) is 0 Å². The maximum Gasteiger partial charge on any atom is 0.242 e. The molecule has 1 saturated carbocycles. The average Bonchev–Trinajstić information content (AvgIpc) is 1.80. The van der Waals surface area contributed by atoms with Crippen LogP contribution in [0.3, 0.4) is 0 Å². The van der Waals surface area contributed by atoms with Gasteiger partial charge in [0, 0.05) is 12.5 Å². The maximum atomic E-state index is 11.6. The van der Waals surface area contributed by atoms with E-state index in [0.29, 0.717) is 5.92 Å². The lowest BCUT2D eigenvalue weighted by Gasteiger charge is -2.40. The van der Waals surface area contributed by atoms with E-state index in [1.165, 1.54) is 24.3 Å². The normalized spacial score (nSPS) is 18.7. The molecule has 3 heteroatoms. The van der Waals surface area contributed by atoms with E-state index in [-0.39, 0.29) is 11.3 Å². The highest BCUT2D eigenvalue weighted by Gasteiger charge is 2.40. The fraction of sp³-hybridized carbons (Fsp3) is 0.889. The molecular formula is C9H18N2O. The van der Waals surface area contributed by atoms with Crippen LogP contribution in [-0.4, -0.2) is 18.0 Å². The Labute approximate surface area is 73.9 Å². The molecule has 1 aliphatic rings. The van der Waals surface area contributed by atoms with Crippen molar-refractivity contribution in [3.63, 3.8) is 0 Å². The molecule has 0 spiro atoms. The second-order valence-electron chi connectivity index (χ2n) is 4.27. The van der Waals surface area contributed by atoms with Crippen molar-refractivity contribution in [2.24, 2.45) is 17.2 Å². The molecule has 0 aromatic carbocycles. The van der Waals surface area contributed by atoms with Crippen LogP contribution >= 0.6 is 0 Å². The van der Waals surface area contributed by atoms with E-state index < -0.39 is 0 Å². The minimum Gasteiger partial charge on any atom is -0.283 e. The fourth-order valence-electron chi connectivity index (χ4n) is 1.76. The quantitative estimate of drug-likeness (QED) is 0.384. The molecule has 0 bridgehead atoms. The lowest BCUT2D eigenvalue weighted by atomic mass is 9.67. The van der Waals surface area contributed by atoms with E-state index in [0.717, 1.165) is 0 Å².